The molecule has 0 saturated heterocycles. The number of amides is 1. The molecule has 0 bridgehead atoms. The SMILES string of the molecule is CSc1ccccc1NC(=O)c1cnc(-c2ccc(C)cc2)nc1-c1ccncc1. The Morgan fingerprint density at radius 2 is 1.67 bits per heavy atom. The normalized spacial score (nSPS) is 10.6. The Morgan fingerprint density at radius 3 is 2.40 bits per heavy atom. The highest BCUT2D eigenvalue weighted by molar-refractivity contribution is 7.98. The predicted molar refractivity (Wildman–Crippen MR) is 122 cm³/mol. The largest absolute Gasteiger partial charge is 0.321 e. The topological polar surface area (TPSA) is 67.8 Å². The number of carbonyl (C=O) groups is 1. The van der Waals surface area contributed by atoms with Gasteiger partial charge in [0.1, 0.15) is 0 Å². The van der Waals surface area contributed by atoms with Gasteiger partial charge in [0, 0.05) is 34.6 Å². The Balaban J connectivity index is 1.77. The third-order valence-corrected chi connectivity index (χ3v) is 5.45. The zero-order valence-corrected chi connectivity index (χ0v) is 17.5. The maximum atomic E-state index is 13.2. The van der Waals surface area contributed by atoms with Gasteiger partial charge in [-0.1, -0.05) is 42.0 Å². The van der Waals surface area contributed by atoms with E-state index in [1.807, 2.05) is 73.8 Å². The zero-order valence-electron chi connectivity index (χ0n) is 16.7. The van der Waals surface area contributed by atoms with Crippen molar-refractivity contribution in [3.05, 3.63) is 90.4 Å². The van der Waals surface area contributed by atoms with Crippen LogP contribution in [0, 0.1) is 6.92 Å². The number of pyridine rings is 1. The fraction of sp³-hybridized carbons (Fsp3) is 0.0833. The molecule has 5 nitrogen and oxygen atoms in total. The highest BCUT2D eigenvalue weighted by atomic mass is 32.2. The fourth-order valence-corrected chi connectivity index (χ4v) is 3.61. The number of aryl methyl sites for hydroxylation is 1. The minimum Gasteiger partial charge on any atom is -0.321 e. The second-order valence-electron chi connectivity index (χ2n) is 6.71. The molecule has 6 heteroatoms. The van der Waals surface area contributed by atoms with E-state index >= 15 is 0 Å². The summed E-state index contributed by atoms with van der Waals surface area (Å²) in [5, 5.41) is 3.00. The number of rotatable bonds is 5. The number of nitrogens with zero attached hydrogens (tertiary/aromatic N) is 3. The van der Waals surface area contributed by atoms with E-state index in [1.165, 1.54) is 0 Å². The Bertz CT molecular complexity index is 1180. The average Bonchev–Trinajstić information content (AvgIpc) is 2.80. The van der Waals surface area contributed by atoms with E-state index < -0.39 is 0 Å². The van der Waals surface area contributed by atoms with Crippen LogP contribution in [0.5, 0.6) is 0 Å². The standard InChI is InChI=1S/C24H20N4OS/c1-16-7-9-18(10-8-16)23-26-15-19(22(28-23)17-11-13-25-14-12-17)24(29)27-20-5-3-4-6-21(20)30-2/h3-15H,1-2H3,(H,27,29). The Labute approximate surface area is 179 Å². The van der Waals surface area contributed by atoms with Gasteiger partial charge in [0.15, 0.2) is 5.82 Å². The number of aromatic nitrogens is 3. The summed E-state index contributed by atoms with van der Waals surface area (Å²) in [6, 6.07) is 19.4. The summed E-state index contributed by atoms with van der Waals surface area (Å²) < 4.78 is 0. The third kappa shape index (κ3) is 4.23. The number of hydrogen-bond donors (Lipinski definition) is 1. The lowest BCUT2D eigenvalue weighted by molar-refractivity contribution is 0.102. The van der Waals surface area contributed by atoms with E-state index in [9.17, 15) is 4.79 Å². The Kier molecular flexibility index (Phi) is 5.86. The molecule has 2 heterocycles. The highest BCUT2D eigenvalue weighted by Gasteiger charge is 2.18. The molecule has 4 aromatic rings. The van der Waals surface area contributed by atoms with Crippen molar-refractivity contribution in [3.63, 3.8) is 0 Å². The molecule has 0 radical (unpaired) electrons. The molecule has 1 N–H and O–H groups in total. The van der Waals surface area contributed by atoms with Crippen molar-refractivity contribution >= 4 is 23.4 Å². The van der Waals surface area contributed by atoms with Gasteiger partial charge in [0.2, 0.25) is 0 Å². The summed E-state index contributed by atoms with van der Waals surface area (Å²) in [5.41, 5.74) is 4.62. The van der Waals surface area contributed by atoms with Crippen molar-refractivity contribution in [2.75, 3.05) is 11.6 Å². The average molecular weight is 413 g/mol. The van der Waals surface area contributed by atoms with Gasteiger partial charge < -0.3 is 5.32 Å². The molecule has 4 rings (SSSR count). The van der Waals surface area contributed by atoms with Crippen LogP contribution in [0.15, 0.2) is 84.1 Å². The fourth-order valence-electron chi connectivity index (χ4n) is 3.06. The van der Waals surface area contributed by atoms with Crippen molar-refractivity contribution in [2.24, 2.45) is 0 Å². The van der Waals surface area contributed by atoms with Crippen LogP contribution in [0.25, 0.3) is 22.6 Å². The second kappa shape index (κ2) is 8.88. The number of nitrogens with one attached hydrogen (secondary N) is 1. The number of thioether (sulfide) groups is 1. The molecule has 0 saturated carbocycles. The Hall–Kier alpha value is -3.51. The molecule has 2 aromatic heterocycles. The molecule has 0 aliphatic heterocycles. The minimum atomic E-state index is -0.251. The summed E-state index contributed by atoms with van der Waals surface area (Å²) in [6.45, 7) is 2.03. The van der Waals surface area contributed by atoms with Crippen LogP contribution in [-0.4, -0.2) is 27.1 Å². The second-order valence-corrected chi connectivity index (χ2v) is 7.56. The molecule has 0 atom stereocenters. The van der Waals surface area contributed by atoms with Gasteiger partial charge in [-0.3, -0.25) is 9.78 Å². The first-order valence-corrected chi connectivity index (χ1v) is 10.7. The smallest absolute Gasteiger partial charge is 0.259 e. The number of benzene rings is 2. The first-order valence-electron chi connectivity index (χ1n) is 9.44. The van der Waals surface area contributed by atoms with Gasteiger partial charge in [-0.15, -0.1) is 11.8 Å². The molecule has 1 amide bonds. The molecule has 0 spiro atoms. The molecule has 0 aliphatic rings. The molecular formula is C24H20N4OS. The van der Waals surface area contributed by atoms with Gasteiger partial charge >= 0.3 is 0 Å². The van der Waals surface area contributed by atoms with E-state index in [1.54, 1.807) is 30.4 Å². The first kappa shape index (κ1) is 19.8. The maximum Gasteiger partial charge on any atom is 0.259 e. The molecular weight excluding hydrogens is 392 g/mol. The van der Waals surface area contributed by atoms with Crippen LogP contribution in [0.4, 0.5) is 5.69 Å². The summed E-state index contributed by atoms with van der Waals surface area (Å²) in [5.74, 6) is 0.321. The third-order valence-electron chi connectivity index (χ3n) is 4.65. The van der Waals surface area contributed by atoms with Crippen molar-refractivity contribution < 1.29 is 4.79 Å². The van der Waals surface area contributed by atoms with E-state index in [0.717, 1.165) is 27.3 Å². The number of anilines is 1. The van der Waals surface area contributed by atoms with Crippen molar-refractivity contribution in [2.45, 2.75) is 11.8 Å². The number of carbonyl (C=O) groups excluding carboxylic acids is 1. The number of hydrogen-bond acceptors (Lipinski definition) is 5. The van der Waals surface area contributed by atoms with Gasteiger partial charge in [0.25, 0.3) is 5.91 Å². The summed E-state index contributed by atoms with van der Waals surface area (Å²) in [7, 11) is 0. The van der Waals surface area contributed by atoms with Crippen molar-refractivity contribution in [1.29, 1.82) is 0 Å². The van der Waals surface area contributed by atoms with Crippen LogP contribution in [0.2, 0.25) is 0 Å². The van der Waals surface area contributed by atoms with E-state index in [2.05, 4.69) is 15.3 Å². The van der Waals surface area contributed by atoms with Gasteiger partial charge in [0.05, 0.1) is 16.9 Å². The lowest BCUT2D eigenvalue weighted by Gasteiger charge is -2.13. The van der Waals surface area contributed by atoms with E-state index in [-0.39, 0.29) is 5.91 Å². The molecule has 0 fully saturated rings. The van der Waals surface area contributed by atoms with Crippen LogP contribution in [0.1, 0.15) is 15.9 Å². The van der Waals surface area contributed by atoms with Gasteiger partial charge in [-0.25, -0.2) is 9.97 Å². The van der Waals surface area contributed by atoms with Crippen LogP contribution in [0.3, 0.4) is 0 Å². The van der Waals surface area contributed by atoms with Crippen LogP contribution < -0.4 is 5.32 Å². The van der Waals surface area contributed by atoms with E-state index in [0.29, 0.717) is 17.1 Å². The monoisotopic (exact) mass is 412 g/mol. The minimum absolute atomic E-state index is 0.251. The highest BCUT2D eigenvalue weighted by Crippen LogP contribution is 2.28. The molecule has 30 heavy (non-hydrogen) atoms. The molecule has 0 aliphatic carbocycles. The lowest BCUT2D eigenvalue weighted by Crippen LogP contribution is -2.15. The number of para-hydroxylation sites is 1. The zero-order chi connectivity index (χ0) is 20.9. The van der Waals surface area contributed by atoms with E-state index in [4.69, 9.17) is 4.98 Å². The van der Waals surface area contributed by atoms with Crippen molar-refractivity contribution in [3.8, 4) is 22.6 Å². The summed E-state index contributed by atoms with van der Waals surface area (Å²) in [4.78, 5) is 27.4. The molecule has 148 valence electrons. The summed E-state index contributed by atoms with van der Waals surface area (Å²) >= 11 is 1.58. The lowest BCUT2D eigenvalue weighted by atomic mass is 10.1. The van der Waals surface area contributed by atoms with Crippen LogP contribution in [-0.2, 0) is 0 Å². The first-order chi connectivity index (χ1) is 14.7. The Morgan fingerprint density at radius 1 is 0.933 bits per heavy atom. The summed E-state index contributed by atoms with van der Waals surface area (Å²) in [6.07, 6.45) is 6.95. The quantitative estimate of drug-likeness (QED) is 0.439. The van der Waals surface area contributed by atoms with Crippen LogP contribution >= 0.6 is 11.8 Å². The molecule has 0 unspecified atom stereocenters. The van der Waals surface area contributed by atoms with Gasteiger partial charge in [-0.05, 0) is 37.4 Å². The molecule has 2 aromatic carbocycles. The maximum absolute atomic E-state index is 13.2. The van der Waals surface area contributed by atoms with Crippen molar-refractivity contribution in [1.82, 2.24) is 15.0 Å². The van der Waals surface area contributed by atoms with Gasteiger partial charge in [-0.2, -0.15) is 0 Å². The predicted octanol–water partition coefficient (Wildman–Crippen LogP) is 5.49.